The van der Waals surface area contributed by atoms with Crippen LogP contribution in [0.3, 0.4) is 0 Å². The molecule has 0 saturated heterocycles. The van der Waals surface area contributed by atoms with Crippen LogP contribution >= 0.6 is 0 Å². The summed E-state index contributed by atoms with van der Waals surface area (Å²) >= 11 is 0. The third-order valence-corrected chi connectivity index (χ3v) is 4.14. The fourth-order valence-corrected chi connectivity index (χ4v) is 2.76. The third kappa shape index (κ3) is 4.25. The number of aromatic nitrogens is 2. The molecule has 3 aromatic rings. The standard InChI is InChI=1S/C21H22N4O/c1-14-6-4-9-17(12-14)13-23-20(26)18-10-11-22-21(24-18)25-19-15(2)7-5-8-16(19)3/h4-12H,13H2,1-3H3,(H,23,26)(H,22,24,25). The molecule has 0 saturated carbocycles. The number of amides is 1. The summed E-state index contributed by atoms with van der Waals surface area (Å²) in [5.74, 6) is 0.184. The largest absolute Gasteiger partial charge is 0.347 e. The number of carbonyl (C=O) groups excluding carboxylic acids is 1. The van der Waals surface area contributed by atoms with Crippen LogP contribution in [0, 0.1) is 20.8 Å². The van der Waals surface area contributed by atoms with Crippen molar-refractivity contribution in [2.75, 3.05) is 5.32 Å². The highest BCUT2D eigenvalue weighted by atomic mass is 16.1. The quantitative estimate of drug-likeness (QED) is 0.731. The summed E-state index contributed by atoms with van der Waals surface area (Å²) in [6.45, 7) is 6.53. The minimum atomic E-state index is -0.224. The van der Waals surface area contributed by atoms with Crippen LogP contribution in [-0.2, 0) is 6.54 Å². The number of hydrogen-bond donors (Lipinski definition) is 2. The Bertz CT molecular complexity index is 917. The average Bonchev–Trinajstić information content (AvgIpc) is 2.63. The number of aryl methyl sites for hydroxylation is 3. The van der Waals surface area contributed by atoms with Gasteiger partial charge in [0, 0.05) is 18.4 Å². The Morgan fingerprint density at radius 3 is 2.46 bits per heavy atom. The minimum absolute atomic E-state index is 0.224. The van der Waals surface area contributed by atoms with E-state index in [-0.39, 0.29) is 5.91 Å². The van der Waals surface area contributed by atoms with Gasteiger partial charge in [0.15, 0.2) is 0 Å². The van der Waals surface area contributed by atoms with Gasteiger partial charge in [-0.25, -0.2) is 9.97 Å². The molecule has 1 aromatic heterocycles. The zero-order valence-corrected chi connectivity index (χ0v) is 15.2. The first kappa shape index (κ1) is 17.6. The maximum Gasteiger partial charge on any atom is 0.270 e. The maximum absolute atomic E-state index is 12.4. The Balaban J connectivity index is 1.71. The highest BCUT2D eigenvalue weighted by Crippen LogP contribution is 2.22. The molecule has 0 bridgehead atoms. The number of para-hydroxylation sites is 1. The molecule has 0 spiro atoms. The highest BCUT2D eigenvalue weighted by molar-refractivity contribution is 5.92. The molecule has 1 heterocycles. The Morgan fingerprint density at radius 1 is 1.00 bits per heavy atom. The van der Waals surface area contributed by atoms with Gasteiger partial charge in [0.25, 0.3) is 5.91 Å². The van der Waals surface area contributed by atoms with Crippen molar-refractivity contribution >= 4 is 17.5 Å². The van der Waals surface area contributed by atoms with Gasteiger partial charge in [0.1, 0.15) is 5.69 Å². The van der Waals surface area contributed by atoms with E-state index in [1.807, 2.05) is 63.2 Å². The maximum atomic E-state index is 12.4. The molecule has 3 rings (SSSR count). The van der Waals surface area contributed by atoms with Crippen molar-refractivity contribution in [3.05, 3.63) is 82.7 Å². The smallest absolute Gasteiger partial charge is 0.270 e. The molecule has 0 aliphatic carbocycles. The zero-order chi connectivity index (χ0) is 18.5. The van der Waals surface area contributed by atoms with E-state index < -0.39 is 0 Å². The molecule has 132 valence electrons. The predicted octanol–water partition coefficient (Wildman–Crippen LogP) is 4.08. The number of hydrogen-bond acceptors (Lipinski definition) is 4. The van der Waals surface area contributed by atoms with E-state index in [0.717, 1.165) is 22.4 Å². The van der Waals surface area contributed by atoms with Crippen LogP contribution in [0.5, 0.6) is 0 Å². The topological polar surface area (TPSA) is 66.9 Å². The summed E-state index contributed by atoms with van der Waals surface area (Å²) in [4.78, 5) is 21.0. The van der Waals surface area contributed by atoms with Crippen LogP contribution in [0.15, 0.2) is 54.7 Å². The molecular weight excluding hydrogens is 324 g/mol. The third-order valence-electron chi connectivity index (χ3n) is 4.14. The molecule has 2 aromatic carbocycles. The van der Waals surface area contributed by atoms with Gasteiger partial charge in [0.2, 0.25) is 5.95 Å². The van der Waals surface area contributed by atoms with Crippen LogP contribution in [0.2, 0.25) is 0 Å². The summed E-state index contributed by atoms with van der Waals surface area (Å²) in [6.07, 6.45) is 1.59. The van der Waals surface area contributed by atoms with E-state index in [1.165, 1.54) is 5.56 Å². The number of nitrogens with zero attached hydrogens (tertiary/aromatic N) is 2. The van der Waals surface area contributed by atoms with E-state index >= 15 is 0 Å². The van der Waals surface area contributed by atoms with Crippen molar-refractivity contribution < 1.29 is 4.79 Å². The molecule has 0 unspecified atom stereocenters. The minimum Gasteiger partial charge on any atom is -0.347 e. The van der Waals surface area contributed by atoms with Crippen molar-refractivity contribution in [2.45, 2.75) is 27.3 Å². The normalized spacial score (nSPS) is 10.4. The van der Waals surface area contributed by atoms with E-state index in [1.54, 1.807) is 12.3 Å². The Hall–Kier alpha value is -3.21. The second kappa shape index (κ2) is 7.78. The van der Waals surface area contributed by atoms with E-state index in [4.69, 9.17) is 0 Å². The lowest BCUT2D eigenvalue weighted by Gasteiger charge is -2.12. The second-order valence-electron chi connectivity index (χ2n) is 6.33. The molecule has 5 heteroatoms. The fourth-order valence-electron chi connectivity index (χ4n) is 2.76. The van der Waals surface area contributed by atoms with Gasteiger partial charge in [-0.2, -0.15) is 0 Å². The van der Waals surface area contributed by atoms with Crippen LogP contribution in [0.1, 0.15) is 32.7 Å². The van der Waals surface area contributed by atoms with Crippen LogP contribution in [0.4, 0.5) is 11.6 Å². The summed E-state index contributed by atoms with van der Waals surface area (Å²) in [5.41, 5.74) is 5.72. The SMILES string of the molecule is Cc1cccc(CNC(=O)c2ccnc(Nc3c(C)cccc3C)n2)c1. The van der Waals surface area contributed by atoms with Gasteiger partial charge >= 0.3 is 0 Å². The highest BCUT2D eigenvalue weighted by Gasteiger charge is 2.10. The van der Waals surface area contributed by atoms with Gasteiger partial charge in [-0.05, 0) is 43.5 Å². The number of nitrogens with one attached hydrogen (secondary N) is 2. The number of rotatable bonds is 5. The van der Waals surface area contributed by atoms with E-state index in [0.29, 0.717) is 18.2 Å². The van der Waals surface area contributed by atoms with Crippen molar-refractivity contribution in [1.29, 1.82) is 0 Å². The van der Waals surface area contributed by atoms with Crippen LogP contribution in [-0.4, -0.2) is 15.9 Å². The molecule has 1 amide bonds. The molecule has 0 radical (unpaired) electrons. The summed E-state index contributed by atoms with van der Waals surface area (Å²) in [7, 11) is 0. The number of benzene rings is 2. The predicted molar refractivity (Wildman–Crippen MR) is 104 cm³/mol. The molecule has 0 aliphatic heterocycles. The number of carbonyl (C=O) groups is 1. The molecule has 2 N–H and O–H groups in total. The number of anilines is 2. The van der Waals surface area contributed by atoms with Crippen molar-refractivity contribution in [3.8, 4) is 0 Å². The summed E-state index contributed by atoms with van der Waals surface area (Å²) in [6, 6.07) is 15.7. The summed E-state index contributed by atoms with van der Waals surface area (Å²) in [5, 5.41) is 6.11. The Labute approximate surface area is 153 Å². The van der Waals surface area contributed by atoms with Gasteiger partial charge in [-0.15, -0.1) is 0 Å². The average molecular weight is 346 g/mol. The first-order valence-corrected chi connectivity index (χ1v) is 8.53. The molecule has 5 nitrogen and oxygen atoms in total. The Kier molecular flexibility index (Phi) is 5.27. The van der Waals surface area contributed by atoms with Crippen LogP contribution < -0.4 is 10.6 Å². The molecule has 0 aliphatic rings. The van der Waals surface area contributed by atoms with Gasteiger partial charge in [-0.1, -0.05) is 48.0 Å². The molecule has 26 heavy (non-hydrogen) atoms. The van der Waals surface area contributed by atoms with Crippen molar-refractivity contribution in [1.82, 2.24) is 15.3 Å². The van der Waals surface area contributed by atoms with Gasteiger partial charge in [0.05, 0.1) is 0 Å². The molecule has 0 fully saturated rings. The second-order valence-corrected chi connectivity index (χ2v) is 6.33. The van der Waals surface area contributed by atoms with Gasteiger partial charge in [-0.3, -0.25) is 4.79 Å². The summed E-state index contributed by atoms with van der Waals surface area (Å²) < 4.78 is 0. The molecule has 0 atom stereocenters. The van der Waals surface area contributed by atoms with Crippen LogP contribution in [0.25, 0.3) is 0 Å². The van der Waals surface area contributed by atoms with Gasteiger partial charge < -0.3 is 10.6 Å². The van der Waals surface area contributed by atoms with Crippen molar-refractivity contribution in [3.63, 3.8) is 0 Å². The van der Waals surface area contributed by atoms with Crippen molar-refractivity contribution in [2.24, 2.45) is 0 Å². The lowest BCUT2D eigenvalue weighted by molar-refractivity contribution is 0.0946. The monoisotopic (exact) mass is 346 g/mol. The van der Waals surface area contributed by atoms with E-state index in [9.17, 15) is 4.79 Å². The van der Waals surface area contributed by atoms with E-state index in [2.05, 4.69) is 20.6 Å². The Morgan fingerprint density at radius 2 is 1.73 bits per heavy atom. The first-order valence-electron chi connectivity index (χ1n) is 8.53. The lowest BCUT2D eigenvalue weighted by Crippen LogP contribution is -2.24. The first-order chi connectivity index (χ1) is 12.5. The lowest BCUT2D eigenvalue weighted by atomic mass is 10.1. The zero-order valence-electron chi connectivity index (χ0n) is 15.2. The molecular formula is C21H22N4O. The fraction of sp³-hybridized carbons (Fsp3) is 0.190.